The Balaban J connectivity index is 2.46. The van der Waals surface area contributed by atoms with Gasteiger partial charge in [-0.2, -0.15) is 0 Å². The van der Waals surface area contributed by atoms with E-state index in [1.807, 2.05) is 0 Å². The lowest BCUT2D eigenvalue weighted by Gasteiger charge is -1.95. The van der Waals surface area contributed by atoms with Crippen LogP contribution in [0.2, 0.25) is 0 Å². The van der Waals surface area contributed by atoms with Crippen molar-refractivity contribution in [2.75, 3.05) is 0 Å². The van der Waals surface area contributed by atoms with E-state index in [1.54, 1.807) is 12.1 Å². The van der Waals surface area contributed by atoms with Gasteiger partial charge in [-0.15, -0.1) is 4.52 Å². The number of benzene rings is 1. The van der Waals surface area contributed by atoms with Crippen LogP contribution in [0.1, 0.15) is 12.5 Å². The summed E-state index contributed by atoms with van der Waals surface area (Å²) in [5.74, 6) is -1.31. The van der Waals surface area contributed by atoms with Gasteiger partial charge in [0.2, 0.25) is 0 Å². The van der Waals surface area contributed by atoms with Crippen molar-refractivity contribution >= 4 is 8.03 Å². The molecule has 0 aliphatic heterocycles. The van der Waals surface area contributed by atoms with Crippen LogP contribution in [0, 0.1) is 5.82 Å². The SMILES string of the molecule is CC(O)[P+](=O)OCc1ccc(F)cc1. The highest BCUT2D eigenvalue weighted by Crippen LogP contribution is 2.28. The van der Waals surface area contributed by atoms with E-state index in [0.29, 0.717) is 0 Å². The average Bonchev–Trinajstić information content (AvgIpc) is 2.16. The Labute approximate surface area is 82.4 Å². The lowest BCUT2D eigenvalue weighted by atomic mass is 10.2. The second-order valence-electron chi connectivity index (χ2n) is 2.82. The molecule has 0 saturated heterocycles. The second-order valence-corrected chi connectivity index (χ2v) is 4.39. The maximum absolute atomic E-state index is 12.5. The molecular weight excluding hydrogens is 206 g/mol. The summed E-state index contributed by atoms with van der Waals surface area (Å²) >= 11 is 0. The summed E-state index contributed by atoms with van der Waals surface area (Å²) in [5, 5.41) is 8.87. The highest BCUT2D eigenvalue weighted by Gasteiger charge is 2.24. The molecule has 0 fully saturated rings. The third-order valence-corrected chi connectivity index (χ3v) is 2.57. The predicted octanol–water partition coefficient (Wildman–Crippen LogP) is 2.42. The Morgan fingerprint density at radius 2 is 2.07 bits per heavy atom. The van der Waals surface area contributed by atoms with Gasteiger partial charge in [-0.05, 0) is 22.3 Å². The molecule has 0 radical (unpaired) electrons. The van der Waals surface area contributed by atoms with Crippen LogP contribution in [-0.2, 0) is 15.7 Å². The molecule has 0 aromatic heterocycles. The minimum Gasteiger partial charge on any atom is -0.349 e. The number of hydrogen-bond acceptors (Lipinski definition) is 3. The van der Waals surface area contributed by atoms with Crippen LogP contribution < -0.4 is 0 Å². The third kappa shape index (κ3) is 3.50. The maximum atomic E-state index is 12.5. The summed E-state index contributed by atoms with van der Waals surface area (Å²) in [7, 11) is -2.06. The van der Waals surface area contributed by atoms with Crippen molar-refractivity contribution in [1.29, 1.82) is 0 Å². The maximum Gasteiger partial charge on any atom is 0.540 e. The Bertz CT molecular complexity index is 310. The smallest absolute Gasteiger partial charge is 0.349 e. The van der Waals surface area contributed by atoms with Crippen LogP contribution in [0.15, 0.2) is 24.3 Å². The lowest BCUT2D eigenvalue weighted by molar-refractivity contribution is 0.228. The van der Waals surface area contributed by atoms with Crippen LogP contribution in [0.4, 0.5) is 4.39 Å². The monoisotopic (exact) mass is 217 g/mol. The standard InChI is InChI=1S/C9H11FO3P/c1-7(11)14(12)13-6-8-2-4-9(10)5-3-8/h2-5,7,11H,6H2,1H3/q+1. The third-order valence-electron chi connectivity index (χ3n) is 1.58. The van der Waals surface area contributed by atoms with E-state index in [4.69, 9.17) is 9.63 Å². The van der Waals surface area contributed by atoms with Crippen LogP contribution >= 0.6 is 8.03 Å². The van der Waals surface area contributed by atoms with E-state index < -0.39 is 13.9 Å². The molecule has 2 unspecified atom stereocenters. The summed E-state index contributed by atoms with van der Waals surface area (Å²) in [4.78, 5) is 0. The van der Waals surface area contributed by atoms with Gasteiger partial charge < -0.3 is 5.11 Å². The van der Waals surface area contributed by atoms with Gasteiger partial charge in [-0.1, -0.05) is 12.1 Å². The van der Waals surface area contributed by atoms with Gasteiger partial charge in [0, 0.05) is 6.92 Å². The normalized spacial score (nSPS) is 13.8. The molecule has 2 atom stereocenters. The zero-order chi connectivity index (χ0) is 10.6. The summed E-state index contributed by atoms with van der Waals surface area (Å²) in [6.45, 7) is 1.50. The number of hydrogen-bond donors (Lipinski definition) is 1. The quantitative estimate of drug-likeness (QED) is 0.788. The van der Waals surface area contributed by atoms with Crippen molar-refractivity contribution in [2.24, 2.45) is 0 Å². The summed E-state index contributed by atoms with van der Waals surface area (Å²) in [6, 6.07) is 5.68. The van der Waals surface area contributed by atoms with Gasteiger partial charge in [0.15, 0.2) is 0 Å². The van der Waals surface area contributed by atoms with Crippen LogP contribution in [-0.4, -0.2) is 11.0 Å². The van der Waals surface area contributed by atoms with Crippen molar-refractivity contribution in [2.45, 2.75) is 19.4 Å². The molecule has 1 aromatic carbocycles. The molecule has 5 heteroatoms. The first-order valence-corrected chi connectivity index (χ1v) is 5.36. The summed E-state index contributed by atoms with van der Waals surface area (Å²) in [6.07, 6.45) is 0. The minimum atomic E-state index is -2.06. The number of aliphatic hydroxyl groups is 1. The molecule has 0 heterocycles. The van der Waals surface area contributed by atoms with E-state index in [2.05, 4.69) is 0 Å². The fourth-order valence-electron chi connectivity index (χ4n) is 0.827. The van der Waals surface area contributed by atoms with Crippen molar-refractivity contribution in [3.05, 3.63) is 35.6 Å². The Kier molecular flexibility index (Phi) is 4.14. The molecule has 1 N–H and O–H groups in total. The summed E-state index contributed by atoms with van der Waals surface area (Å²) in [5.41, 5.74) is 0.718. The largest absolute Gasteiger partial charge is 0.540 e. The highest BCUT2D eigenvalue weighted by atomic mass is 31.1. The van der Waals surface area contributed by atoms with Crippen molar-refractivity contribution in [3.8, 4) is 0 Å². The molecule has 0 bridgehead atoms. The highest BCUT2D eigenvalue weighted by molar-refractivity contribution is 7.39. The lowest BCUT2D eigenvalue weighted by Crippen LogP contribution is -1.95. The van der Waals surface area contributed by atoms with Gasteiger partial charge in [0.25, 0.3) is 5.85 Å². The molecule has 0 saturated carbocycles. The fraction of sp³-hybridized carbons (Fsp3) is 0.333. The first-order valence-electron chi connectivity index (χ1n) is 4.11. The number of aliphatic hydroxyl groups excluding tert-OH is 1. The number of halogens is 1. The zero-order valence-electron chi connectivity index (χ0n) is 7.68. The minimum absolute atomic E-state index is 0.111. The van der Waals surface area contributed by atoms with Gasteiger partial charge >= 0.3 is 8.03 Å². The average molecular weight is 217 g/mol. The van der Waals surface area contributed by atoms with Gasteiger partial charge in [-0.25, -0.2) is 4.39 Å². The second kappa shape index (κ2) is 5.15. The van der Waals surface area contributed by atoms with Gasteiger partial charge in [0.1, 0.15) is 12.4 Å². The topological polar surface area (TPSA) is 46.5 Å². The van der Waals surface area contributed by atoms with E-state index in [9.17, 15) is 8.96 Å². The fourth-order valence-corrected chi connectivity index (χ4v) is 1.32. The van der Waals surface area contributed by atoms with Gasteiger partial charge in [0.05, 0.1) is 0 Å². The Hall–Kier alpha value is -0.830. The van der Waals surface area contributed by atoms with E-state index >= 15 is 0 Å². The van der Waals surface area contributed by atoms with E-state index in [0.717, 1.165) is 5.56 Å². The van der Waals surface area contributed by atoms with Crippen molar-refractivity contribution in [1.82, 2.24) is 0 Å². The Morgan fingerprint density at radius 1 is 1.50 bits per heavy atom. The number of rotatable bonds is 4. The Morgan fingerprint density at radius 3 is 2.57 bits per heavy atom. The van der Waals surface area contributed by atoms with Crippen LogP contribution in [0.25, 0.3) is 0 Å². The molecule has 3 nitrogen and oxygen atoms in total. The first-order chi connectivity index (χ1) is 6.59. The molecule has 1 aromatic rings. The van der Waals surface area contributed by atoms with Gasteiger partial charge in [-0.3, -0.25) is 0 Å². The van der Waals surface area contributed by atoms with E-state index in [-0.39, 0.29) is 12.4 Å². The van der Waals surface area contributed by atoms with Crippen LogP contribution in [0.3, 0.4) is 0 Å². The first kappa shape index (κ1) is 11.2. The van der Waals surface area contributed by atoms with Crippen LogP contribution in [0.5, 0.6) is 0 Å². The molecule has 0 aliphatic rings. The molecule has 0 amide bonds. The summed E-state index contributed by atoms with van der Waals surface area (Å²) < 4.78 is 28.3. The molecule has 14 heavy (non-hydrogen) atoms. The van der Waals surface area contributed by atoms with E-state index in [1.165, 1.54) is 19.1 Å². The molecule has 1 rings (SSSR count). The molecule has 0 aliphatic carbocycles. The zero-order valence-corrected chi connectivity index (χ0v) is 8.58. The predicted molar refractivity (Wildman–Crippen MR) is 50.5 cm³/mol. The van der Waals surface area contributed by atoms with Crippen molar-refractivity contribution < 1.29 is 18.6 Å². The molecule has 76 valence electrons. The molecular formula is C9H11FO3P+. The van der Waals surface area contributed by atoms with Crippen molar-refractivity contribution in [3.63, 3.8) is 0 Å². The molecule has 0 spiro atoms.